The molecule has 3 aliphatic rings. The number of methoxy groups -OCH3 is 1. The number of nitrogens with zero attached hydrogens (tertiary/aromatic N) is 2. The maximum atomic E-state index is 5.58. The van der Waals surface area contributed by atoms with Crippen molar-refractivity contribution in [2.45, 2.75) is 56.5 Å². The first-order chi connectivity index (χ1) is 12.8. The van der Waals surface area contributed by atoms with Crippen molar-refractivity contribution in [3.63, 3.8) is 0 Å². The number of likely N-dealkylation sites (tertiary alicyclic amines) is 1. The number of aromatic nitrogens is 1. The van der Waals surface area contributed by atoms with E-state index >= 15 is 0 Å². The fourth-order valence-corrected chi connectivity index (χ4v) is 6.11. The van der Waals surface area contributed by atoms with Gasteiger partial charge in [-0.15, -0.1) is 0 Å². The molecule has 0 spiro atoms. The zero-order valence-corrected chi connectivity index (χ0v) is 15.7. The molecule has 1 aromatic carbocycles. The van der Waals surface area contributed by atoms with Gasteiger partial charge >= 0.3 is 0 Å². The highest BCUT2D eigenvalue weighted by Crippen LogP contribution is 2.56. The zero-order valence-electron chi connectivity index (χ0n) is 15.7. The highest BCUT2D eigenvalue weighted by molar-refractivity contribution is 5.45. The van der Waals surface area contributed by atoms with Crippen molar-refractivity contribution >= 4 is 0 Å². The molecule has 3 atom stereocenters. The lowest BCUT2D eigenvalue weighted by Crippen LogP contribution is -2.60. The molecule has 3 nitrogen and oxygen atoms in total. The largest absolute Gasteiger partial charge is 0.497 e. The Morgan fingerprint density at radius 2 is 2.19 bits per heavy atom. The van der Waals surface area contributed by atoms with Crippen LogP contribution in [0.1, 0.15) is 48.8 Å². The van der Waals surface area contributed by atoms with Gasteiger partial charge in [0, 0.05) is 30.4 Å². The van der Waals surface area contributed by atoms with Gasteiger partial charge in [0.2, 0.25) is 0 Å². The van der Waals surface area contributed by atoms with Crippen molar-refractivity contribution in [2.75, 3.05) is 13.7 Å². The normalized spacial score (nSPS) is 30.3. The van der Waals surface area contributed by atoms with E-state index in [1.165, 1.54) is 50.6 Å². The monoisotopic (exact) mass is 348 g/mol. The lowest BCUT2D eigenvalue weighted by atomic mass is 9.52. The summed E-state index contributed by atoms with van der Waals surface area (Å²) in [5.74, 6) is 1.82. The van der Waals surface area contributed by atoms with Crippen molar-refractivity contribution in [3.05, 3.63) is 59.4 Å². The first kappa shape index (κ1) is 16.3. The number of ether oxygens (including phenoxy) is 1. The number of fused-ring (bicyclic) bond motifs is 1. The highest BCUT2D eigenvalue weighted by Gasteiger charge is 2.53. The number of hydrogen-bond acceptors (Lipinski definition) is 3. The van der Waals surface area contributed by atoms with Crippen LogP contribution < -0.4 is 4.74 Å². The van der Waals surface area contributed by atoms with Gasteiger partial charge in [-0.2, -0.15) is 0 Å². The van der Waals surface area contributed by atoms with Gasteiger partial charge in [0.25, 0.3) is 0 Å². The molecule has 0 N–H and O–H groups in total. The van der Waals surface area contributed by atoms with Gasteiger partial charge in [0.1, 0.15) is 5.75 Å². The van der Waals surface area contributed by atoms with Crippen LogP contribution in [-0.4, -0.2) is 29.6 Å². The van der Waals surface area contributed by atoms with E-state index in [0.29, 0.717) is 11.5 Å². The summed E-state index contributed by atoms with van der Waals surface area (Å²) in [5.41, 5.74) is 4.90. The minimum Gasteiger partial charge on any atom is -0.497 e. The Morgan fingerprint density at radius 3 is 3.04 bits per heavy atom. The van der Waals surface area contributed by atoms with Crippen molar-refractivity contribution in [2.24, 2.45) is 5.92 Å². The Labute approximate surface area is 156 Å². The summed E-state index contributed by atoms with van der Waals surface area (Å²) in [6.07, 6.45) is 11.9. The second kappa shape index (κ2) is 6.38. The molecule has 2 aliphatic carbocycles. The minimum absolute atomic E-state index is 0.385. The van der Waals surface area contributed by atoms with Crippen LogP contribution in [0.25, 0.3) is 0 Å². The lowest BCUT2D eigenvalue weighted by Gasteiger charge is -2.59. The molecular formula is C23H28N2O. The van der Waals surface area contributed by atoms with E-state index in [0.717, 1.165) is 18.2 Å². The maximum Gasteiger partial charge on any atom is 0.119 e. The van der Waals surface area contributed by atoms with Gasteiger partial charge in [-0.25, -0.2) is 0 Å². The molecule has 0 amide bonds. The lowest BCUT2D eigenvalue weighted by molar-refractivity contribution is -0.0157. The van der Waals surface area contributed by atoms with Gasteiger partial charge < -0.3 is 4.74 Å². The minimum atomic E-state index is 0.385. The van der Waals surface area contributed by atoms with E-state index in [4.69, 9.17) is 4.74 Å². The van der Waals surface area contributed by atoms with E-state index in [2.05, 4.69) is 40.2 Å². The molecule has 5 rings (SSSR count). The molecule has 0 radical (unpaired) electrons. The molecule has 26 heavy (non-hydrogen) atoms. The molecule has 2 unspecified atom stereocenters. The van der Waals surface area contributed by atoms with Gasteiger partial charge in [-0.1, -0.05) is 25.0 Å². The standard InChI is InChI=1S/C23H28N2O/c1-26-19-8-7-18-13-22-20-6-2-3-9-23(20,21(18)14-19)10-12-25(22)16-17-5-4-11-24-15-17/h4-5,7-8,11,14-15,20,22H,2-3,6,9-10,12-13,16H2,1H3/t20?,22?,23-/m0/s1. The Balaban J connectivity index is 1.53. The third-order valence-corrected chi connectivity index (χ3v) is 7.27. The second-order valence-electron chi connectivity index (χ2n) is 8.38. The zero-order chi connectivity index (χ0) is 17.6. The number of benzene rings is 1. The van der Waals surface area contributed by atoms with E-state index in [1.807, 2.05) is 12.4 Å². The SMILES string of the molecule is COc1ccc2c(c1)[C@]13CCCCC1C(C2)N(Cc1cccnc1)CC3. The van der Waals surface area contributed by atoms with Crippen molar-refractivity contribution < 1.29 is 4.74 Å². The first-order valence-corrected chi connectivity index (χ1v) is 10.1. The van der Waals surface area contributed by atoms with Crippen molar-refractivity contribution in [3.8, 4) is 5.75 Å². The van der Waals surface area contributed by atoms with Gasteiger partial charge in [-0.05, 0) is 73.0 Å². The van der Waals surface area contributed by atoms with Gasteiger partial charge in [0.15, 0.2) is 0 Å². The smallest absolute Gasteiger partial charge is 0.119 e. The summed E-state index contributed by atoms with van der Waals surface area (Å²) in [4.78, 5) is 7.07. The molecule has 2 heterocycles. The summed E-state index contributed by atoms with van der Waals surface area (Å²) in [7, 11) is 1.79. The Hall–Kier alpha value is -1.87. The topological polar surface area (TPSA) is 25.4 Å². The highest BCUT2D eigenvalue weighted by atomic mass is 16.5. The number of pyridine rings is 1. The van der Waals surface area contributed by atoms with Gasteiger partial charge in [-0.3, -0.25) is 9.88 Å². The number of hydrogen-bond donors (Lipinski definition) is 0. The molecular weight excluding hydrogens is 320 g/mol. The van der Waals surface area contributed by atoms with Crippen LogP contribution in [0.4, 0.5) is 0 Å². The molecule has 136 valence electrons. The summed E-state index contributed by atoms with van der Waals surface area (Å²) in [5, 5.41) is 0. The Kier molecular flexibility index (Phi) is 4.00. The average Bonchev–Trinajstić information content (AvgIpc) is 2.70. The number of piperidine rings is 1. The van der Waals surface area contributed by atoms with Crippen LogP contribution >= 0.6 is 0 Å². The van der Waals surface area contributed by atoms with E-state index < -0.39 is 0 Å². The van der Waals surface area contributed by atoms with Crippen LogP contribution in [0, 0.1) is 5.92 Å². The molecule has 1 saturated carbocycles. The third kappa shape index (κ3) is 2.48. The van der Waals surface area contributed by atoms with Crippen molar-refractivity contribution in [1.29, 1.82) is 0 Å². The fourth-order valence-electron chi connectivity index (χ4n) is 6.11. The summed E-state index contributed by atoms with van der Waals surface area (Å²) in [6.45, 7) is 2.24. The first-order valence-electron chi connectivity index (χ1n) is 10.1. The van der Waals surface area contributed by atoms with Crippen LogP contribution in [0.2, 0.25) is 0 Å². The third-order valence-electron chi connectivity index (χ3n) is 7.27. The van der Waals surface area contributed by atoms with Crippen LogP contribution in [0.15, 0.2) is 42.7 Å². The molecule has 2 aromatic rings. The molecule has 1 saturated heterocycles. The molecule has 3 heteroatoms. The van der Waals surface area contributed by atoms with Gasteiger partial charge in [0.05, 0.1) is 7.11 Å². The predicted octanol–water partition coefficient (Wildman–Crippen LogP) is 4.35. The quantitative estimate of drug-likeness (QED) is 0.825. The van der Waals surface area contributed by atoms with E-state index in [9.17, 15) is 0 Å². The maximum absolute atomic E-state index is 5.58. The molecule has 1 aliphatic heterocycles. The average molecular weight is 348 g/mol. The van der Waals surface area contributed by atoms with Crippen LogP contribution in [0.5, 0.6) is 5.75 Å². The summed E-state index contributed by atoms with van der Waals surface area (Å²) >= 11 is 0. The second-order valence-corrected chi connectivity index (χ2v) is 8.38. The molecule has 2 bridgehead atoms. The van der Waals surface area contributed by atoms with E-state index in [1.54, 1.807) is 18.2 Å². The van der Waals surface area contributed by atoms with Crippen molar-refractivity contribution in [1.82, 2.24) is 9.88 Å². The Morgan fingerprint density at radius 1 is 1.23 bits per heavy atom. The van der Waals surface area contributed by atoms with E-state index in [-0.39, 0.29) is 0 Å². The summed E-state index contributed by atoms with van der Waals surface area (Å²) < 4.78 is 5.58. The predicted molar refractivity (Wildman–Crippen MR) is 103 cm³/mol. The fraction of sp³-hybridized carbons (Fsp3) is 0.522. The Bertz CT molecular complexity index is 790. The number of rotatable bonds is 3. The summed E-state index contributed by atoms with van der Waals surface area (Å²) in [6, 6.07) is 11.8. The molecule has 2 fully saturated rings. The van der Waals surface area contributed by atoms with Crippen LogP contribution in [-0.2, 0) is 18.4 Å². The molecule has 1 aromatic heterocycles. The van der Waals surface area contributed by atoms with Crippen LogP contribution in [0.3, 0.4) is 0 Å².